The predicted octanol–water partition coefficient (Wildman–Crippen LogP) is 1.80. The Hall–Kier alpha value is -1.69. The summed E-state index contributed by atoms with van der Waals surface area (Å²) >= 11 is 0. The van der Waals surface area contributed by atoms with Crippen LogP contribution in [0.5, 0.6) is 11.5 Å². The van der Waals surface area contributed by atoms with E-state index in [2.05, 4.69) is 14.8 Å². The number of rotatable bonds is 4. The van der Waals surface area contributed by atoms with Gasteiger partial charge < -0.3 is 14.8 Å². The minimum absolute atomic E-state index is 0.0554. The van der Waals surface area contributed by atoms with Crippen molar-refractivity contribution in [2.75, 3.05) is 13.6 Å². The van der Waals surface area contributed by atoms with Gasteiger partial charge in [-0.1, -0.05) is 0 Å². The van der Waals surface area contributed by atoms with Crippen LogP contribution in [0.25, 0.3) is 0 Å². The zero-order chi connectivity index (χ0) is 12.5. The summed E-state index contributed by atoms with van der Waals surface area (Å²) in [4.78, 5) is 11.6. The number of ketones is 1. The highest BCUT2D eigenvalue weighted by molar-refractivity contribution is 5.96. The van der Waals surface area contributed by atoms with Crippen LogP contribution in [0.2, 0.25) is 0 Å². The van der Waals surface area contributed by atoms with Crippen LogP contribution in [0.15, 0.2) is 18.2 Å². The van der Waals surface area contributed by atoms with Crippen LogP contribution in [0, 0.1) is 0 Å². The molecule has 0 saturated carbocycles. The average Bonchev–Trinajstić information content (AvgIpc) is 2.58. The van der Waals surface area contributed by atoms with E-state index in [1.165, 1.54) is 18.2 Å². The minimum atomic E-state index is -3.64. The fourth-order valence-electron chi connectivity index (χ4n) is 1.51. The lowest BCUT2D eigenvalue weighted by molar-refractivity contribution is -0.286. The summed E-state index contributed by atoms with van der Waals surface area (Å²) in [5.74, 6) is -0.300. The second kappa shape index (κ2) is 4.29. The number of hydrogen-bond donors (Lipinski definition) is 1. The number of carbonyl (C=O) groups excluding carboxylic acids is 1. The van der Waals surface area contributed by atoms with Crippen molar-refractivity contribution in [3.05, 3.63) is 23.8 Å². The highest BCUT2D eigenvalue weighted by Crippen LogP contribution is 2.41. The van der Waals surface area contributed by atoms with Crippen molar-refractivity contribution in [2.24, 2.45) is 0 Å². The quantitative estimate of drug-likeness (QED) is 0.819. The maximum atomic E-state index is 12.7. The number of halogens is 2. The lowest BCUT2D eigenvalue weighted by Gasteiger charge is -2.04. The molecular weight excluding hydrogens is 232 g/mol. The standard InChI is InChI=1S/C11H11F2NO3/c1-14-5-4-8(15)7-2-3-9-10(6-7)17-11(12,13)16-9/h2-3,6,14H,4-5H2,1H3. The molecule has 6 heteroatoms. The van der Waals surface area contributed by atoms with Crippen molar-refractivity contribution in [3.63, 3.8) is 0 Å². The molecule has 1 heterocycles. The van der Waals surface area contributed by atoms with E-state index in [-0.39, 0.29) is 17.3 Å². The molecule has 0 radical (unpaired) electrons. The van der Waals surface area contributed by atoms with Gasteiger partial charge in [-0.3, -0.25) is 4.79 Å². The molecule has 1 aromatic rings. The Morgan fingerprint density at radius 2 is 2.06 bits per heavy atom. The number of hydrogen-bond acceptors (Lipinski definition) is 4. The number of alkyl halides is 2. The first-order valence-corrected chi connectivity index (χ1v) is 5.09. The summed E-state index contributed by atoms with van der Waals surface area (Å²) in [6.45, 7) is 0.531. The minimum Gasteiger partial charge on any atom is -0.395 e. The molecule has 0 atom stereocenters. The third-order valence-corrected chi connectivity index (χ3v) is 2.33. The molecule has 0 fully saturated rings. The summed E-state index contributed by atoms with van der Waals surface area (Å²) in [6, 6.07) is 4.03. The number of carbonyl (C=O) groups is 1. The monoisotopic (exact) mass is 243 g/mol. The lowest BCUT2D eigenvalue weighted by Crippen LogP contribution is -2.25. The number of benzene rings is 1. The zero-order valence-electron chi connectivity index (χ0n) is 9.13. The van der Waals surface area contributed by atoms with Gasteiger partial charge in [-0.15, -0.1) is 8.78 Å². The molecule has 1 aromatic carbocycles. The van der Waals surface area contributed by atoms with Crippen LogP contribution in [0.3, 0.4) is 0 Å². The van der Waals surface area contributed by atoms with Crippen molar-refractivity contribution >= 4 is 5.78 Å². The highest BCUT2D eigenvalue weighted by Gasteiger charge is 2.43. The van der Waals surface area contributed by atoms with Crippen LogP contribution in [-0.2, 0) is 0 Å². The molecule has 0 aromatic heterocycles. The topological polar surface area (TPSA) is 47.6 Å². The average molecular weight is 243 g/mol. The Labute approximate surface area is 96.5 Å². The predicted molar refractivity (Wildman–Crippen MR) is 55.5 cm³/mol. The number of ether oxygens (including phenoxy) is 2. The Kier molecular flexibility index (Phi) is 2.97. The molecule has 1 N–H and O–H groups in total. The number of fused-ring (bicyclic) bond motifs is 1. The largest absolute Gasteiger partial charge is 0.586 e. The molecule has 1 aliphatic heterocycles. The lowest BCUT2D eigenvalue weighted by atomic mass is 10.1. The Balaban J connectivity index is 2.16. The van der Waals surface area contributed by atoms with E-state index in [0.717, 1.165) is 0 Å². The van der Waals surface area contributed by atoms with E-state index in [9.17, 15) is 13.6 Å². The van der Waals surface area contributed by atoms with Crippen LogP contribution in [0.1, 0.15) is 16.8 Å². The van der Waals surface area contributed by atoms with E-state index in [1.807, 2.05) is 0 Å². The fraction of sp³-hybridized carbons (Fsp3) is 0.364. The normalized spacial score (nSPS) is 15.9. The third kappa shape index (κ3) is 2.52. The highest BCUT2D eigenvalue weighted by atomic mass is 19.3. The number of nitrogens with one attached hydrogen (secondary N) is 1. The van der Waals surface area contributed by atoms with E-state index in [0.29, 0.717) is 18.5 Å². The molecule has 0 unspecified atom stereocenters. The molecule has 0 bridgehead atoms. The summed E-state index contributed by atoms with van der Waals surface area (Å²) in [7, 11) is 1.73. The van der Waals surface area contributed by atoms with Gasteiger partial charge in [-0.05, 0) is 25.2 Å². The van der Waals surface area contributed by atoms with Gasteiger partial charge in [0.25, 0.3) is 0 Å². The van der Waals surface area contributed by atoms with E-state index in [1.54, 1.807) is 7.05 Å². The summed E-state index contributed by atoms with van der Waals surface area (Å²) in [6.07, 6.45) is -3.35. The Morgan fingerprint density at radius 3 is 2.76 bits per heavy atom. The van der Waals surface area contributed by atoms with Gasteiger partial charge in [0.15, 0.2) is 17.3 Å². The van der Waals surface area contributed by atoms with Gasteiger partial charge in [0.2, 0.25) is 0 Å². The van der Waals surface area contributed by atoms with Gasteiger partial charge in [0.05, 0.1) is 0 Å². The summed E-state index contributed by atoms with van der Waals surface area (Å²) in [5, 5.41) is 2.84. The molecule has 0 amide bonds. The van der Waals surface area contributed by atoms with Crippen molar-refractivity contribution in [1.29, 1.82) is 0 Å². The molecule has 1 aliphatic rings. The second-order valence-electron chi connectivity index (χ2n) is 3.61. The third-order valence-electron chi connectivity index (χ3n) is 2.33. The Bertz CT molecular complexity index is 448. The smallest absolute Gasteiger partial charge is 0.395 e. The van der Waals surface area contributed by atoms with Crippen molar-refractivity contribution in [3.8, 4) is 11.5 Å². The van der Waals surface area contributed by atoms with Crippen LogP contribution in [-0.4, -0.2) is 25.7 Å². The molecule has 0 aliphatic carbocycles. The summed E-state index contributed by atoms with van der Waals surface area (Å²) in [5.41, 5.74) is 0.334. The first-order chi connectivity index (χ1) is 8.02. The first kappa shape index (κ1) is 11.8. The molecule has 0 spiro atoms. The van der Waals surface area contributed by atoms with E-state index in [4.69, 9.17) is 0 Å². The molecule has 92 valence electrons. The maximum absolute atomic E-state index is 12.7. The Morgan fingerprint density at radius 1 is 1.35 bits per heavy atom. The van der Waals surface area contributed by atoms with Crippen molar-refractivity contribution in [1.82, 2.24) is 5.32 Å². The van der Waals surface area contributed by atoms with Gasteiger partial charge in [0, 0.05) is 18.5 Å². The molecular formula is C11H11F2NO3. The van der Waals surface area contributed by atoms with Crippen LogP contribution in [0.4, 0.5) is 8.78 Å². The SMILES string of the molecule is CNCCC(=O)c1ccc2c(c1)OC(F)(F)O2. The molecule has 2 rings (SSSR count). The van der Waals surface area contributed by atoms with E-state index < -0.39 is 6.29 Å². The zero-order valence-corrected chi connectivity index (χ0v) is 9.13. The van der Waals surface area contributed by atoms with Gasteiger partial charge in [0.1, 0.15) is 0 Å². The van der Waals surface area contributed by atoms with Gasteiger partial charge >= 0.3 is 6.29 Å². The fourth-order valence-corrected chi connectivity index (χ4v) is 1.51. The molecule has 17 heavy (non-hydrogen) atoms. The second-order valence-corrected chi connectivity index (χ2v) is 3.61. The first-order valence-electron chi connectivity index (χ1n) is 5.09. The van der Waals surface area contributed by atoms with Gasteiger partial charge in [-0.25, -0.2) is 0 Å². The maximum Gasteiger partial charge on any atom is 0.586 e. The number of Topliss-reactive ketones (excluding diaryl/α,β-unsaturated/α-hetero) is 1. The molecule has 0 saturated heterocycles. The summed E-state index contributed by atoms with van der Waals surface area (Å²) < 4.78 is 34.0. The van der Waals surface area contributed by atoms with Crippen molar-refractivity contribution in [2.45, 2.75) is 12.7 Å². The van der Waals surface area contributed by atoms with E-state index >= 15 is 0 Å². The van der Waals surface area contributed by atoms with Crippen molar-refractivity contribution < 1.29 is 23.0 Å². The molecule has 4 nitrogen and oxygen atoms in total. The van der Waals surface area contributed by atoms with Gasteiger partial charge in [-0.2, -0.15) is 0 Å². The van der Waals surface area contributed by atoms with Crippen LogP contribution < -0.4 is 14.8 Å². The van der Waals surface area contributed by atoms with Crippen LogP contribution >= 0.6 is 0 Å².